The second kappa shape index (κ2) is 7.35. The summed E-state index contributed by atoms with van der Waals surface area (Å²) in [5, 5.41) is 3.23. The fraction of sp³-hybridized carbons (Fsp3) is 0.167. The van der Waals surface area contributed by atoms with Gasteiger partial charge in [0.1, 0.15) is 15.8 Å². The van der Waals surface area contributed by atoms with Gasteiger partial charge in [0, 0.05) is 4.88 Å². The summed E-state index contributed by atoms with van der Waals surface area (Å²) in [4.78, 5) is 5.12. The van der Waals surface area contributed by atoms with Crippen molar-refractivity contribution < 1.29 is 13.2 Å². The van der Waals surface area contributed by atoms with E-state index in [1.54, 1.807) is 37.6 Å². The molecule has 0 aliphatic carbocycles. The van der Waals surface area contributed by atoms with E-state index in [-0.39, 0.29) is 10.0 Å². The Bertz CT molecular complexity index is 1010. The van der Waals surface area contributed by atoms with E-state index in [0.29, 0.717) is 5.75 Å². The number of hydrogen-bond donors (Lipinski definition) is 2. The minimum Gasteiger partial charge on any atom is -0.495 e. The van der Waals surface area contributed by atoms with Gasteiger partial charge in [0.05, 0.1) is 24.7 Å². The van der Waals surface area contributed by atoms with E-state index in [0.717, 1.165) is 21.8 Å². The first-order valence-electron chi connectivity index (χ1n) is 7.84. The SMILES string of the molecule is COc1ccc(C)cc1Nc1ccc(NS(=O)(=O)c2ccc(C)s2)nc1. The Balaban J connectivity index is 1.76. The minimum atomic E-state index is -3.61. The number of nitrogens with one attached hydrogen (secondary N) is 2. The summed E-state index contributed by atoms with van der Waals surface area (Å²) in [7, 11) is -2.01. The summed E-state index contributed by atoms with van der Waals surface area (Å²) >= 11 is 1.22. The van der Waals surface area contributed by atoms with Gasteiger partial charge in [0.15, 0.2) is 0 Å². The molecule has 3 rings (SSSR count). The largest absolute Gasteiger partial charge is 0.495 e. The number of sulfonamides is 1. The van der Waals surface area contributed by atoms with Crippen LogP contribution in [0.15, 0.2) is 52.9 Å². The molecule has 0 amide bonds. The third-order valence-electron chi connectivity index (χ3n) is 3.62. The molecule has 0 saturated carbocycles. The molecule has 0 fully saturated rings. The Morgan fingerprint density at radius 2 is 1.88 bits per heavy atom. The van der Waals surface area contributed by atoms with Gasteiger partial charge < -0.3 is 10.1 Å². The van der Waals surface area contributed by atoms with Crippen molar-refractivity contribution in [1.29, 1.82) is 0 Å². The topological polar surface area (TPSA) is 80.3 Å². The van der Waals surface area contributed by atoms with Crippen LogP contribution in [-0.4, -0.2) is 20.5 Å². The third-order valence-corrected chi connectivity index (χ3v) is 6.46. The van der Waals surface area contributed by atoms with Crippen molar-refractivity contribution in [3.8, 4) is 5.75 Å². The van der Waals surface area contributed by atoms with Gasteiger partial charge in [-0.15, -0.1) is 11.3 Å². The molecule has 3 aromatic rings. The van der Waals surface area contributed by atoms with E-state index in [4.69, 9.17) is 4.74 Å². The zero-order valence-electron chi connectivity index (χ0n) is 14.6. The van der Waals surface area contributed by atoms with Crippen molar-refractivity contribution in [3.63, 3.8) is 0 Å². The lowest BCUT2D eigenvalue weighted by atomic mass is 10.2. The summed E-state index contributed by atoms with van der Waals surface area (Å²) in [5.41, 5.74) is 2.64. The maximum Gasteiger partial charge on any atom is 0.272 e. The van der Waals surface area contributed by atoms with E-state index < -0.39 is 10.0 Å². The quantitative estimate of drug-likeness (QED) is 0.656. The van der Waals surface area contributed by atoms with Gasteiger partial charge in [0.25, 0.3) is 10.0 Å². The van der Waals surface area contributed by atoms with Crippen LogP contribution in [0.1, 0.15) is 10.4 Å². The second-order valence-electron chi connectivity index (χ2n) is 5.73. The summed E-state index contributed by atoms with van der Waals surface area (Å²) in [5.74, 6) is 0.978. The van der Waals surface area contributed by atoms with Crippen molar-refractivity contribution in [2.24, 2.45) is 0 Å². The fourth-order valence-electron chi connectivity index (χ4n) is 2.35. The normalized spacial score (nSPS) is 11.2. The number of aromatic nitrogens is 1. The van der Waals surface area contributed by atoms with Crippen LogP contribution in [0.2, 0.25) is 0 Å². The predicted molar refractivity (Wildman–Crippen MR) is 105 cm³/mol. The van der Waals surface area contributed by atoms with Crippen molar-refractivity contribution in [1.82, 2.24) is 4.98 Å². The number of anilines is 3. The number of nitrogens with zero attached hydrogens (tertiary/aromatic N) is 1. The minimum absolute atomic E-state index is 0.262. The van der Waals surface area contributed by atoms with E-state index in [9.17, 15) is 8.42 Å². The standard InChI is InChI=1S/C18H19N3O3S2/c1-12-4-7-16(24-3)15(10-12)20-14-6-8-17(19-11-14)21-26(22,23)18-9-5-13(2)25-18/h4-11,20H,1-3H3,(H,19,21). The maximum absolute atomic E-state index is 12.3. The molecule has 0 saturated heterocycles. The monoisotopic (exact) mass is 389 g/mol. The lowest BCUT2D eigenvalue weighted by Crippen LogP contribution is -2.12. The van der Waals surface area contributed by atoms with E-state index >= 15 is 0 Å². The van der Waals surface area contributed by atoms with Gasteiger partial charge in [-0.1, -0.05) is 6.07 Å². The molecule has 2 heterocycles. The molecule has 136 valence electrons. The highest BCUT2D eigenvalue weighted by Crippen LogP contribution is 2.29. The molecule has 0 atom stereocenters. The smallest absolute Gasteiger partial charge is 0.272 e. The van der Waals surface area contributed by atoms with Crippen molar-refractivity contribution in [3.05, 3.63) is 59.1 Å². The predicted octanol–water partition coefficient (Wildman–Crippen LogP) is 4.31. The summed E-state index contributed by atoms with van der Waals surface area (Å²) < 4.78 is 32.8. The number of rotatable bonds is 6. The maximum atomic E-state index is 12.3. The molecule has 0 unspecified atom stereocenters. The third kappa shape index (κ3) is 4.14. The highest BCUT2D eigenvalue weighted by atomic mass is 32.2. The molecule has 0 aliphatic heterocycles. The molecule has 26 heavy (non-hydrogen) atoms. The zero-order chi connectivity index (χ0) is 18.7. The van der Waals surface area contributed by atoms with Crippen LogP contribution in [0.3, 0.4) is 0 Å². The van der Waals surface area contributed by atoms with Gasteiger partial charge >= 0.3 is 0 Å². The molecule has 2 N–H and O–H groups in total. The number of thiophene rings is 1. The van der Waals surface area contributed by atoms with Crippen LogP contribution >= 0.6 is 11.3 Å². The zero-order valence-corrected chi connectivity index (χ0v) is 16.2. The Morgan fingerprint density at radius 3 is 2.50 bits per heavy atom. The summed E-state index contributed by atoms with van der Waals surface area (Å²) in [6.07, 6.45) is 1.57. The lowest BCUT2D eigenvalue weighted by molar-refractivity contribution is 0.416. The Hall–Kier alpha value is -2.58. The highest BCUT2D eigenvalue weighted by Gasteiger charge is 2.16. The van der Waals surface area contributed by atoms with Crippen molar-refractivity contribution >= 4 is 38.6 Å². The molecular formula is C18H19N3O3S2. The lowest BCUT2D eigenvalue weighted by Gasteiger charge is -2.12. The van der Waals surface area contributed by atoms with Crippen molar-refractivity contribution in [2.75, 3.05) is 17.1 Å². The van der Waals surface area contributed by atoms with Crippen molar-refractivity contribution in [2.45, 2.75) is 18.1 Å². The van der Waals surface area contributed by atoms with Gasteiger partial charge in [-0.2, -0.15) is 0 Å². The van der Waals surface area contributed by atoms with Crippen LogP contribution in [0, 0.1) is 13.8 Å². The van der Waals surface area contributed by atoms with Crippen LogP contribution in [-0.2, 0) is 10.0 Å². The Kier molecular flexibility index (Phi) is 5.15. The van der Waals surface area contributed by atoms with Crippen LogP contribution in [0.5, 0.6) is 5.75 Å². The molecule has 0 bridgehead atoms. The highest BCUT2D eigenvalue weighted by molar-refractivity contribution is 7.94. The summed E-state index contributed by atoms with van der Waals surface area (Å²) in [6.45, 7) is 3.86. The van der Waals surface area contributed by atoms with E-state index in [1.165, 1.54) is 11.3 Å². The molecule has 6 nitrogen and oxygen atoms in total. The molecule has 1 aromatic carbocycles. The van der Waals surface area contributed by atoms with E-state index in [2.05, 4.69) is 15.0 Å². The number of aryl methyl sites for hydroxylation is 2. The fourth-order valence-corrected chi connectivity index (χ4v) is 4.64. The summed E-state index contributed by atoms with van der Waals surface area (Å²) in [6, 6.07) is 12.5. The number of pyridine rings is 1. The average Bonchev–Trinajstić information content (AvgIpc) is 3.04. The molecular weight excluding hydrogens is 370 g/mol. The van der Waals surface area contributed by atoms with Crippen LogP contribution in [0.4, 0.5) is 17.2 Å². The molecule has 0 aliphatic rings. The molecule has 8 heteroatoms. The molecule has 0 radical (unpaired) electrons. The van der Waals surface area contributed by atoms with Crippen LogP contribution < -0.4 is 14.8 Å². The second-order valence-corrected chi connectivity index (χ2v) is 8.93. The average molecular weight is 390 g/mol. The number of ether oxygens (including phenoxy) is 1. The van der Waals surface area contributed by atoms with Gasteiger partial charge in [-0.25, -0.2) is 13.4 Å². The number of hydrogen-bond acceptors (Lipinski definition) is 6. The Morgan fingerprint density at radius 1 is 1.08 bits per heavy atom. The Labute approximate surface area is 156 Å². The first kappa shape index (κ1) is 18.2. The number of methoxy groups -OCH3 is 1. The van der Waals surface area contributed by atoms with Gasteiger partial charge in [0.2, 0.25) is 0 Å². The molecule has 0 spiro atoms. The number of benzene rings is 1. The van der Waals surface area contributed by atoms with Gasteiger partial charge in [-0.05, 0) is 55.8 Å². The first-order chi connectivity index (χ1) is 12.4. The molecule has 2 aromatic heterocycles. The van der Waals surface area contributed by atoms with Crippen LogP contribution in [0.25, 0.3) is 0 Å². The van der Waals surface area contributed by atoms with Gasteiger partial charge in [-0.3, -0.25) is 4.72 Å². The van der Waals surface area contributed by atoms with E-state index in [1.807, 2.05) is 32.0 Å². The first-order valence-corrected chi connectivity index (χ1v) is 10.1.